The molecule has 26 heavy (non-hydrogen) atoms. The number of fused-ring (bicyclic) bond motifs is 2. The Kier molecular flexibility index (Phi) is 4.69. The van der Waals surface area contributed by atoms with Crippen molar-refractivity contribution in [2.75, 3.05) is 0 Å². The molecule has 2 saturated heterocycles. The zero-order valence-corrected chi connectivity index (χ0v) is 15.4. The van der Waals surface area contributed by atoms with Gasteiger partial charge in [-0.05, 0) is 19.9 Å². The van der Waals surface area contributed by atoms with Gasteiger partial charge in [-0.15, -0.1) is 0 Å². The lowest BCUT2D eigenvalue weighted by molar-refractivity contribution is -0.151. The minimum Gasteiger partial charge on any atom is -0.459 e. The molecule has 6 atom stereocenters. The molecule has 0 aromatic heterocycles. The van der Waals surface area contributed by atoms with Gasteiger partial charge in [-0.2, -0.15) is 0 Å². The van der Waals surface area contributed by atoms with Gasteiger partial charge in [0.05, 0.1) is 11.5 Å². The number of esters is 3. The maximum Gasteiger partial charge on any atom is 0.334 e. The van der Waals surface area contributed by atoms with Gasteiger partial charge in [0.15, 0.2) is 0 Å². The molecule has 7 heteroatoms. The van der Waals surface area contributed by atoms with Crippen molar-refractivity contribution in [3.63, 3.8) is 0 Å². The highest BCUT2D eigenvalue weighted by Crippen LogP contribution is 2.49. The smallest absolute Gasteiger partial charge is 0.334 e. The van der Waals surface area contributed by atoms with Crippen molar-refractivity contribution in [3.8, 4) is 0 Å². The molecule has 0 amide bonds. The Balaban J connectivity index is 1.98. The molecule has 2 fully saturated rings. The van der Waals surface area contributed by atoms with Crippen LogP contribution in [0.2, 0.25) is 0 Å². The van der Waals surface area contributed by atoms with Crippen molar-refractivity contribution in [1.29, 1.82) is 0 Å². The van der Waals surface area contributed by atoms with Crippen LogP contribution in [0.3, 0.4) is 0 Å². The predicted molar refractivity (Wildman–Crippen MR) is 89.9 cm³/mol. The second kappa shape index (κ2) is 6.54. The summed E-state index contributed by atoms with van der Waals surface area (Å²) < 4.78 is 22.3. The fraction of sp³-hybridized carbons (Fsp3) is 0.632. The van der Waals surface area contributed by atoms with E-state index < -0.39 is 47.9 Å². The topological polar surface area (TPSA) is 91.4 Å². The predicted octanol–water partition coefficient (Wildman–Crippen LogP) is 1.85. The van der Waals surface area contributed by atoms with Crippen LogP contribution < -0.4 is 0 Å². The third kappa shape index (κ3) is 3.53. The van der Waals surface area contributed by atoms with E-state index in [4.69, 9.17) is 18.9 Å². The number of epoxide rings is 1. The molecule has 0 N–H and O–H groups in total. The summed E-state index contributed by atoms with van der Waals surface area (Å²) in [5.41, 5.74) is 0.576. The Bertz CT molecular complexity index is 694. The minimum atomic E-state index is -0.676. The van der Waals surface area contributed by atoms with E-state index in [-0.39, 0.29) is 5.97 Å². The fourth-order valence-corrected chi connectivity index (χ4v) is 4.03. The molecular weight excluding hydrogens is 340 g/mol. The highest BCUT2D eigenvalue weighted by Gasteiger charge is 2.63. The Morgan fingerprint density at radius 2 is 1.92 bits per heavy atom. The van der Waals surface area contributed by atoms with Gasteiger partial charge in [0.25, 0.3) is 0 Å². The molecule has 0 spiro atoms. The molecule has 0 aromatic rings. The van der Waals surface area contributed by atoms with Gasteiger partial charge >= 0.3 is 17.9 Å². The van der Waals surface area contributed by atoms with Gasteiger partial charge in [0.1, 0.15) is 24.4 Å². The van der Waals surface area contributed by atoms with E-state index in [9.17, 15) is 14.4 Å². The normalized spacial score (nSPS) is 41.1. The van der Waals surface area contributed by atoms with Gasteiger partial charge in [0.2, 0.25) is 0 Å². The number of ether oxygens (including phenoxy) is 4. The summed E-state index contributed by atoms with van der Waals surface area (Å²) in [5.74, 6) is -1.79. The van der Waals surface area contributed by atoms with Crippen molar-refractivity contribution < 1.29 is 33.3 Å². The van der Waals surface area contributed by atoms with Crippen molar-refractivity contribution >= 4 is 17.9 Å². The summed E-state index contributed by atoms with van der Waals surface area (Å²) in [6, 6.07) is 0. The number of hydrogen-bond donors (Lipinski definition) is 0. The average Bonchev–Trinajstić information content (AvgIpc) is 3.06. The molecule has 0 radical (unpaired) electrons. The zero-order chi connectivity index (χ0) is 19.2. The Morgan fingerprint density at radius 1 is 1.27 bits per heavy atom. The summed E-state index contributed by atoms with van der Waals surface area (Å²) in [7, 11) is 0. The number of hydrogen-bond acceptors (Lipinski definition) is 7. The molecule has 2 aliphatic heterocycles. The summed E-state index contributed by atoms with van der Waals surface area (Å²) in [5, 5.41) is 0. The van der Waals surface area contributed by atoms with Crippen LogP contribution in [0.1, 0.15) is 40.5 Å². The van der Waals surface area contributed by atoms with Crippen molar-refractivity contribution in [3.05, 3.63) is 23.8 Å². The molecule has 142 valence electrons. The van der Waals surface area contributed by atoms with E-state index in [1.807, 2.05) is 19.9 Å². The van der Waals surface area contributed by atoms with Gasteiger partial charge in [-0.25, -0.2) is 4.79 Å². The van der Waals surface area contributed by atoms with E-state index in [0.29, 0.717) is 18.4 Å². The Morgan fingerprint density at radius 3 is 2.54 bits per heavy atom. The van der Waals surface area contributed by atoms with E-state index in [1.165, 1.54) is 13.8 Å². The Labute approximate surface area is 152 Å². The van der Waals surface area contributed by atoms with Crippen LogP contribution in [0.25, 0.3) is 0 Å². The molecule has 3 rings (SSSR count). The highest BCUT2D eigenvalue weighted by atomic mass is 16.6. The maximum absolute atomic E-state index is 12.1. The lowest BCUT2D eigenvalue weighted by Gasteiger charge is -2.28. The largest absolute Gasteiger partial charge is 0.459 e. The standard InChI is InChI=1S/C19H24O7/c1-9-6-13(23-11(3)20)8-19(5)17(26-19)16(24-12(4)21)15-10(2)18(22)25-14(15)7-9/h6,13-17H,2,7-8H2,1,3-5H3/b9-6+/t13-,14-,15-,16+,17+,19-/m1/s1. The van der Waals surface area contributed by atoms with Gasteiger partial charge in [-0.1, -0.05) is 12.2 Å². The first kappa shape index (κ1) is 18.6. The third-order valence-electron chi connectivity index (χ3n) is 5.14. The third-order valence-corrected chi connectivity index (χ3v) is 5.14. The van der Waals surface area contributed by atoms with Crippen molar-refractivity contribution in [1.82, 2.24) is 0 Å². The molecule has 3 aliphatic rings. The zero-order valence-electron chi connectivity index (χ0n) is 15.4. The fourth-order valence-electron chi connectivity index (χ4n) is 4.03. The SMILES string of the molecule is C=C1C(=O)O[C@@H]2C/C(C)=C/[C@@H](OC(C)=O)C[C@@]3(C)O[C@H]3[C@@H](OC(C)=O)[C@H]12. The van der Waals surface area contributed by atoms with E-state index in [0.717, 1.165) is 5.57 Å². The van der Waals surface area contributed by atoms with Gasteiger partial charge in [-0.3, -0.25) is 9.59 Å². The van der Waals surface area contributed by atoms with Gasteiger partial charge in [0, 0.05) is 32.3 Å². The highest BCUT2D eigenvalue weighted by molar-refractivity contribution is 5.91. The molecule has 0 aromatic carbocycles. The van der Waals surface area contributed by atoms with Crippen LogP contribution in [0.15, 0.2) is 23.8 Å². The first-order valence-electron chi connectivity index (χ1n) is 8.70. The van der Waals surface area contributed by atoms with Crippen LogP contribution in [-0.2, 0) is 33.3 Å². The lowest BCUT2D eigenvalue weighted by atomic mass is 9.81. The minimum absolute atomic E-state index is 0.295. The summed E-state index contributed by atoms with van der Waals surface area (Å²) in [6.07, 6.45) is 0.681. The second-order valence-corrected chi connectivity index (χ2v) is 7.49. The summed E-state index contributed by atoms with van der Waals surface area (Å²) >= 11 is 0. The second-order valence-electron chi connectivity index (χ2n) is 7.49. The Hall–Kier alpha value is -2.15. The maximum atomic E-state index is 12.1. The van der Waals surface area contributed by atoms with Crippen LogP contribution in [-0.4, -0.2) is 47.9 Å². The van der Waals surface area contributed by atoms with E-state index in [1.54, 1.807) is 0 Å². The molecule has 2 heterocycles. The average molecular weight is 364 g/mol. The summed E-state index contributed by atoms with van der Waals surface area (Å²) in [4.78, 5) is 35.2. The van der Waals surface area contributed by atoms with E-state index in [2.05, 4.69) is 6.58 Å². The molecular formula is C19H24O7. The lowest BCUT2D eigenvalue weighted by Crippen LogP contribution is -2.40. The van der Waals surface area contributed by atoms with Crippen LogP contribution in [0.4, 0.5) is 0 Å². The van der Waals surface area contributed by atoms with Crippen molar-refractivity contribution in [2.24, 2.45) is 5.92 Å². The first-order chi connectivity index (χ1) is 12.1. The van der Waals surface area contributed by atoms with Crippen LogP contribution in [0, 0.1) is 5.92 Å². The first-order valence-corrected chi connectivity index (χ1v) is 8.70. The molecule has 0 saturated carbocycles. The number of carbonyl (C=O) groups excluding carboxylic acids is 3. The summed E-state index contributed by atoms with van der Waals surface area (Å²) in [6.45, 7) is 10.3. The molecule has 0 unspecified atom stereocenters. The molecule has 1 aliphatic carbocycles. The molecule has 0 bridgehead atoms. The van der Waals surface area contributed by atoms with Crippen LogP contribution >= 0.6 is 0 Å². The number of carbonyl (C=O) groups is 3. The quantitative estimate of drug-likeness (QED) is 0.243. The van der Waals surface area contributed by atoms with Gasteiger partial charge < -0.3 is 18.9 Å². The van der Waals surface area contributed by atoms with Crippen LogP contribution in [0.5, 0.6) is 0 Å². The van der Waals surface area contributed by atoms with E-state index >= 15 is 0 Å². The van der Waals surface area contributed by atoms with Crippen molar-refractivity contribution in [2.45, 2.75) is 70.6 Å². The monoisotopic (exact) mass is 364 g/mol. The molecule has 7 nitrogen and oxygen atoms in total. The number of rotatable bonds is 2.